The van der Waals surface area contributed by atoms with E-state index in [2.05, 4.69) is 90.1 Å². The Morgan fingerprint density at radius 3 is 1.19 bits per heavy atom. The van der Waals surface area contributed by atoms with Crippen molar-refractivity contribution in [2.24, 2.45) is 0 Å². The van der Waals surface area contributed by atoms with E-state index in [9.17, 15) is 0 Å². The van der Waals surface area contributed by atoms with Crippen LogP contribution in [0.15, 0.2) is 48.5 Å². The van der Waals surface area contributed by atoms with Crippen LogP contribution in [-0.2, 0) is 12.8 Å². The van der Waals surface area contributed by atoms with Crippen LogP contribution in [0.2, 0.25) is 0 Å². The van der Waals surface area contributed by atoms with E-state index in [0.29, 0.717) is 0 Å². The molecule has 0 aromatic heterocycles. The molecule has 0 bridgehead atoms. The SMILES string of the molecule is Cc1ccc(Cc2cc(Cc3ccc(C)cc3C)c(C)cc2C)c(C)c1. The van der Waals surface area contributed by atoms with Crippen molar-refractivity contribution in [3.8, 4) is 0 Å². The van der Waals surface area contributed by atoms with Crippen molar-refractivity contribution in [2.75, 3.05) is 0 Å². The Balaban J connectivity index is 1.94. The normalized spacial score (nSPS) is 11.0. The van der Waals surface area contributed by atoms with E-state index in [1.807, 2.05) is 0 Å². The molecule has 0 aliphatic carbocycles. The molecule has 0 atom stereocenters. The molecule has 3 rings (SSSR count). The summed E-state index contributed by atoms with van der Waals surface area (Å²) in [5.41, 5.74) is 14.0. The van der Waals surface area contributed by atoms with Gasteiger partial charge in [0.2, 0.25) is 0 Å². The maximum Gasteiger partial charge on any atom is -0.00204 e. The van der Waals surface area contributed by atoms with Crippen LogP contribution in [0.3, 0.4) is 0 Å². The van der Waals surface area contributed by atoms with Crippen LogP contribution < -0.4 is 0 Å². The van der Waals surface area contributed by atoms with Gasteiger partial charge < -0.3 is 0 Å². The smallest absolute Gasteiger partial charge is 0.00204 e. The second-order valence-corrected chi connectivity index (χ2v) is 7.92. The van der Waals surface area contributed by atoms with Crippen molar-refractivity contribution in [1.82, 2.24) is 0 Å². The number of benzene rings is 3. The van der Waals surface area contributed by atoms with Crippen LogP contribution in [0.4, 0.5) is 0 Å². The Bertz CT molecular complexity index is 870. The topological polar surface area (TPSA) is 0 Å². The highest BCUT2D eigenvalue weighted by Crippen LogP contribution is 2.24. The minimum Gasteiger partial charge on any atom is -0.0590 e. The molecule has 0 fully saturated rings. The molecular formula is C26H30. The van der Waals surface area contributed by atoms with Crippen LogP contribution in [-0.4, -0.2) is 0 Å². The highest BCUT2D eigenvalue weighted by Gasteiger charge is 2.09. The Kier molecular flexibility index (Phi) is 5.32. The molecule has 0 saturated carbocycles. The van der Waals surface area contributed by atoms with Gasteiger partial charge in [0.05, 0.1) is 0 Å². The summed E-state index contributed by atoms with van der Waals surface area (Å²) in [5, 5.41) is 0. The van der Waals surface area contributed by atoms with Gasteiger partial charge in [-0.3, -0.25) is 0 Å². The summed E-state index contributed by atoms with van der Waals surface area (Å²) in [5.74, 6) is 0. The summed E-state index contributed by atoms with van der Waals surface area (Å²) >= 11 is 0. The molecule has 0 nitrogen and oxygen atoms in total. The minimum absolute atomic E-state index is 1.01. The van der Waals surface area contributed by atoms with Gasteiger partial charge in [0, 0.05) is 0 Å². The Hall–Kier alpha value is -2.34. The van der Waals surface area contributed by atoms with Gasteiger partial charge in [0.1, 0.15) is 0 Å². The molecule has 0 amide bonds. The van der Waals surface area contributed by atoms with Gasteiger partial charge >= 0.3 is 0 Å². The fourth-order valence-electron chi connectivity index (χ4n) is 3.83. The van der Waals surface area contributed by atoms with E-state index in [0.717, 1.165) is 12.8 Å². The minimum atomic E-state index is 1.01. The average Bonchev–Trinajstić information content (AvgIpc) is 2.56. The number of hydrogen-bond acceptors (Lipinski definition) is 0. The number of hydrogen-bond donors (Lipinski definition) is 0. The third-order valence-electron chi connectivity index (χ3n) is 5.55. The third kappa shape index (κ3) is 4.07. The molecule has 0 aliphatic heterocycles. The van der Waals surface area contributed by atoms with Gasteiger partial charge in [-0.15, -0.1) is 0 Å². The maximum atomic E-state index is 2.43. The third-order valence-corrected chi connectivity index (χ3v) is 5.55. The summed E-state index contributed by atoms with van der Waals surface area (Å²) in [6, 6.07) is 18.4. The Morgan fingerprint density at radius 2 is 0.808 bits per heavy atom. The standard InChI is InChI=1S/C26H30/c1-17-7-9-23(19(3)11-17)14-25-16-26(22(6)13-21(25)5)15-24-10-8-18(2)12-20(24)4/h7-13,16H,14-15H2,1-6H3. The van der Waals surface area contributed by atoms with E-state index < -0.39 is 0 Å². The fraction of sp³-hybridized carbons (Fsp3) is 0.308. The molecular weight excluding hydrogens is 312 g/mol. The van der Waals surface area contributed by atoms with E-state index >= 15 is 0 Å². The molecule has 134 valence electrons. The molecule has 0 saturated heterocycles. The lowest BCUT2D eigenvalue weighted by molar-refractivity contribution is 1.07. The van der Waals surface area contributed by atoms with Gasteiger partial charge in [-0.1, -0.05) is 59.7 Å². The Morgan fingerprint density at radius 1 is 0.423 bits per heavy atom. The van der Waals surface area contributed by atoms with Crippen molar-refractivity contribution in [3.05, 3.63) is 104 Å². The first-order valence-corrected chi connectivity index (χ1v) is 9.54. The zero-order chi connectivity index (χ0) is 18.8. The highest BCUT2D eigenvalue weighted by molar-refractivity contribution is 5.44. The van der Waals surface area contributed by atoms with Crippen LogP contribution in [0.1, 0.15) is 55.6 Å². The van der Waals surface area contributed by atoms with E-state index in [-0.39, 0.29) is 0 Å². The lowest BCUT2D eigenvalue weighted by atomic mass is 9.90. The first kappa shape index (κ1) is 18.5. The molecule has 0 heteroatoms. The second-order valence-electron chi connectivity index (χ2n) is 7.92. The molecule has 0 spiro atoms. The molecule has 3 aromatic rings. The molecule has 3 aromatic carbocycles. The molecule has 0 radical (unpaired) electrons. The van der Waals surface area contributed by atoms with Crippen molar-refractivity contribution in [3.63, 3.8) is 0 Å². The van der Waals surface area contributed by atoms with E-state index in [4.69, 9.17) is 0 Å². The quantitative estimate of drug-likeness (QED) is 0.494. The van der Waals surface area contributed by atoms with Gasteiger partial charge in [-0.25, -0.2) is 0 Å². The predicted octanol–water partition coefficient (Wildman–Crippen LogP) is 6.72. The molecule has 0 unspecified atom stereocenters. The van der Waals surface area contributed by atoms with Crippen molar-refractivity contribution < 1.29 is 0 Å². The first-order chi connectivity index (χ1) is 12.3. The second kappa shape index (κ2) is 7.50. The lowest BCUT2D eigenvalue weighted by Gasteiger charge is -2.15. The van der Waals surface area contributed by atoms with E-state index in [1.165, 1.54) is 55.6 Å². The van der Waals surface area contributed by atoms with Gasteiger partial charge in [-0.2, -0.15) is 0 Å². The monoisotopic (exact) mass is 342 g/mol. The zero-order valence-corrected chi connectivity index (χ0v) is 17.0. The molecule has 0 heterocycles. The maximum absolute atomic E-state index is 2.43. The summed E-state index contributed by atoms with van der Waals surface area (Å²) in [6.07, 6.45) is 2.02. The fourth-order valence-corrected chi connectivity index (χ4v) is 3.83. The molecule has 26 heavy (non-hydrogen) atoms. The number of rotatable bonds is 4. The van der Waals surface area contributed by atoms with Crippen molar-refractivity contribution in [1.29, 1.82) is 0 Å². The van der Waals surface area contributed by atoms with Gasteiger partial charge in [0.15, 0.2) is 0 Å². The van der Waals surface area contributed by atoms with Crippen molar-refractivity contribution in [2.45, 2.75) is 54.4 Å². The lowest BCUT2D eigenvalue weighted by Crippen LogP contribution is -2.01. The summed E-state index contributed by atoms with van der Waals surface area (Å²) in [7, 11) is 0. The summed E-state index contributed by atoms with van der Waals surface area (Å²) < 4.78 is 0. The Labute approximate surface area is 158 Å². The van der Waals surface area contributed by atoms with Crippen LogP contribution in [0.5, 0.6) is 0 Å². The summed E-state index contributed by atoms with van der Waals surface area (Å²) in [4.78, 5) is 0. The highest BCUT2D eigenvalue weighted by atomic mass is 14.1. The predicted molar refractivity (Wildman–Crippen MR) is 113 cm³/mol. The largest absolute Gasteiger partial charge is 0.0590 e. The van der Waals surface area contributed by atoms with Crippen LogP contribution >= 0.6 is 0 Å². The molecule has 0 N–H and O–H groups in total. The zero-order valence-electron chi connectivity index (χ0n) is 17.0. The molecule has 0 aliphatic rings. The summed E-state index contributed by atoms with van der Waals surface area (Å²) in [6.45, 7) is 13.3. The average molecular weight is 343 g/mol. The van der Waals surface area contributed by atoms with E-state index in [1.54, 1.807) is 0 Å². The van der Waals surface area contributed by atoms with Crippen LogP contribution in [0.25, 0.3) is 0 Å². The van der Waals surface area contributed by atoms with Crippen LogP contribution in [0, 0.1) is 41.5 Å². The van der Waals surface area contributed by atoms with Gasteiger partial charge in [0.25, 0.3) is 0 Å². The number of aryl methyl sites for hydroxylation is 6. The van der Waals surface area contributed by atoms with Crippen molar-refractivity contribution >= 4 is 0 Å². The first-order valence-electron chi connectivity index (χ1n) is 9.54. The van der Waals surface area contributed by atoms with Gasteiger partial charge in [-0.05, 0) is 98.9 Å².